The quantitative estimate of drug-likeness (QED) is 0.756. The van der Waals surface area contributed by atoms with Crippen LogP contribution in [0.25, 0.3) is 0 Å². The Kier molecular flexibility index (Phi) is 4.93. The molecule has 2 heterocycles. The monoisotopic (exact) mass is 380 g/mol. The number of nitrogens with zero attached hydrogens (tertiary/aromatic N) is 2. The minimum Gasteiger partial charge on any atom is -0.361 e. The third-order valence-electron chi connectivity index (χ3n) is 4.79. The lowest BCUT2D eigenvalue weighted by molar-refractivity contribution is -0.192. The van der Waals surface area contributed by atoms with Crippen molar-refractivity contribution in [2.24, 2.45) is 0 Å². The van der Waals surface area contributed by atoms with Gasteiger partial charge in [0, 0.05) is 19.6 Å². The molecule has 4 rings (SSSR count). The number of carbonyl (C=O) groups excluding carboxylic acids is 3. The van der Waals surface area contributed by atoms with Gasteiger partial charge in [0.1, 0.15) is 0 Å². The average molecular weight is 380 g/mol. The molecule has 2 aliphatic heterocycles. The largest absolute Gasteiger partial charge is 0.363 e. The van der Waals surface area contributed by atoms with Crippen LogP contribution >= 0.6 is 0 Å². The van der Waals surface area contributed by atoms with Crippen molar-refractivity contribution >= 4 is 17.8 Å². The maximum Gasteiger partial charge on any atom is 0.363 e. The molecule has 2 aromatic rings. The second kappa shape index (κ2) is 7.53. The van der Waals surface area contributed by atoms with Gasteiger partial charge in [0.2, 0.25) is 0 Å². The lowest BCUT2D eigenvalue weighted by atomic mass is 10.1. The number of amides is 2. The van der Waals surface area contributed by atoms with Crippen molar-refractivity contribution in [3.8, 4) is 0 Å². The number of fused-ring (bicyclic) bond motifs is 1. The van der Waals surface area contributed by atoms with Crippen molar-refractivity contribution in [3.05, 3.63) is 71.3 Å². The highest BCUT2D eigenvalue weighted by atomic mass is 16.7. The summed E-state index contributed by atoms with van der Waals surface area (Å²) in [5, 5.41) is 0.525. The molecule has 1 saturated heterocycles. The number of hydroxylamine groups is 2. The molecule has 0 unspecified atom stereocenters. The molecule has 0 bridgehead atoms. The van der Waals surface area contributed by atoms with E-state index in [1.807, 2.05) is 37.3 Å². The number of ether oxygens (including phenoxy) is 1. The molecule has 28 heavy (non-hydrogen) atoms. The van der Waals surface area contributed by atoms with Crippen LogP contribution in [0.15, 0.2) is 54.6 Å². The summed E-state index contributed by atoms with van der Waals surface area (Å²) in [4.78, 5) is 44.6. The summed E-state index contributed by atoms with van der Waals surface area (Å²) in [6.45, 7) is 3.54. The van der Waals surface area contributed by atoms with Crippen molar-refractivity contribution < 1.29 is 24.0 Å². The van der Waals surface area contributed by atoms with Gasteiger partial charge >= 0.3 is 5.97 Å². The number of imide groups is 1. The van der Waals surface area contributed by atoms with Gasteiger partial charge in [-0.15, -0.1) is 0 Å². The third kappa shape index (κ3) is 3.54. The molecule has 0 N–H and O–H groups in total. The van der Waals surface area contributed by atoms with Crippen molar-refractivity contribution in [3.63, 3.8) is 0 Å². The smallest absolute Gasteiger partial charge is 0.361 e. The van der Waals surface area contributed by atoms with Gasteiger partial charge in [-0.05, 0) is 24.6 Å². The number of benzene rings is 2. The van der Waals surface area contributed by atoms with Gasteiger partial charge in [0.15, 0.2) is 6.10 Å². The van der Waals surface area contributed by atoms with Gasteiger partial charge < -0.3 is 9.57 Å². The van der Waals surface area contributed by atoms with Crippen LogP contribution in [0.1, 0.15) is 33.2 Å². The molecule has 144 valence electrons. The number of morpholine rings is 1. The lowest BCUT2D eigenvalue weighted by Crippen LogP contribution is -2.51. The zero-order chi connectivity index (χ0) is 19.7. The van der Waals surface area contributed by atoms with E-state index in [0.717, 1.165) is 5.56 Å². The first kappa shape index (κ1) is 18.3. The molecule has 0 aliphatic carbocycles. The Labute approximate surface area is 162 Å². The van der Waals surface area contributed by atoms with E-state index in [0.29, 0.717) is 24.7 Å². The van der Waals surface area contributed by atoms with E-state index >= 15 is 0 Å². The fraction of sp³-hybridized carbons (Fsp3) is 0.286. The molecule has 7 nitrogen and oxygen atoms in total. The third-order valence-corrected chi connectivity index (χ3v) is 4.79. The van der Waals surface area contributed by atoms with Crippen molar-refractivity contribution in [2.75, 3.05) is 13.1 Å². The summed E-state index contributed by atoms with van der Waals surface area (Å²) >= 11 is 0. The maximum atomic E-state index is 12.6. The minimum atomic E-state index is -0.878. The summed E-state index contributed by atoms with van der Waals surface area (Å²) < 4.78 is 5.71. The summed E-state index contributed by atoms with van der Waals surface area (Å²) in [5.74, 6) is -2.03. The Morgan fingerprint density at radius 1 is 1.00 bits per heavy atom. The van der Waals surface area contributed by atoms with E-state index < -0.39 is 23.9 Å². The first-order valence-corrected chi connectivity index (χ1v) is 9.14. The van der Waals surface area contributed by atoms with Crippen LogP contribution in [0.4, 0.5) is 0 Å². The SMILES string of the molecule is C[C@H]1CN(Cc2ccccc2)C[C@@H](C(=O)ON2C(=O)c3ccccc3C2=O)O1. The van der Waals surface area contributed by atoms with Gasteiger partial charge in [-0.3, -0.25) is 14.5 Å². The molecule has 0 radical (unpaired) electrons. The van der Waals surface area contributed by atoms with Crippen LogP contribution in [0, 0.1) is 0 Å². The van der Waals surface area contributed by atoms with E-state index in [4.69, 9.17) is 9.57 Å². The fourth-order valence-electron chi connectivity index (χ4n) is 3.54. The second-order valence-corrected chi connectivity index (χ2v) is 6.98. The summed E-state index contributed by atoms with van der Waals surface area (Å²) in [6, 6.07) is 16.3. The molecule has 1 fully saturated rings. The molecule has 2 atom stereocenters. The van der Waals surface area contributed by atoms with Crippen LogP contribution in [-0.2, 0) is 20.9 Å². The predicted molar refractivity (Wildman–Crippen MR) is 99.1 cm³/mol. The van der Waals surface area contributed by atoms with Crippen molar-refractivity contribution in [2.45, 2.75) is 25.7 Å². The van der Waals surface area contributed by atoms with Gasteiger partial charge in [-0.25, -0.2) is 4.79 Å². The second-order valence-electron chi connectivity index (χ2n) is 6.98. The standard InChI is InChI=1S/C21H20N2O5/c1-14-11-22(12-15-7-3-2-4-8-15)13-18(27-14)21(26)28-23-19(24)16-9-5-6-10-17(16)20(23)25/h2-10,14,18H,11-13H2,1H3/t14-,18-/m0/s1. The number of hydrogen-bond acceptors (Lipinski definition) is 6. The molecule has 2 amide bonds. The Morgan fingerprint density at radius 2 is 1.61 bits per heavy atom. The normalized spacial score (nSPS) is 22.2. The van der Waals surface area contributed by atoms with E-state index in [1.54, 1.807) is 12.1 Å². The van der Waals surface area contributed by atoms with Gasteiger partial charge in [-0.2, -0.15) is 0 Å². The van der Waals surface area contributed by atoms with Gasteiger partial charge in [-0.1, -0.05) is 47.5 Å². The molecule has 2 aromatic carbocycles. The van der Waals surface area contributed by atoms with Crippen molar-refractivity contribution in [1.82, 2.24) is 9.96 Å². The van der Waals surface area contributed by atoms with Crippen LogP contribution in [-0.4, -0.2) is 53.0 Å². The molecular formula is C21H20N2O5. The topological polar surface area (TPSA) is 76.2 Å². The first-order valence-electron chi connectivity index (χ1n) is 9.14. The van der Waals surface area contributed by atoms with Crippen LogP contribution in [0.5, 0.6) is 0 Å². The molecule has 0 spiro atoms. The van der Waals surface area contributed by atoms with E-state index in [1.165, 1.54) is 12.1 Å². The Balaban J connectivity index is 1.43. The molecule has 0 saturated carbocycles. The highest BCUT2D eigenvalue weighted by molar-refractivity contribution is 6.20. The van der Waals surface area contributed by atoms with E-state index in [2.05, 4.69) is 4.90 Å². The first-order chi connectivity index (χ1) is 13.5. The maximum absolute atomic E-state index is 12.6. The molecule has 7 heteroatoms. The highest BCUT2D eigenvalue weighted by Gasteiger charge is 2.41. The summed E-state index contributed by atoms with van der Waals surface area (Å²) in [7, 11) is 0. The molecular weight excluding hydrogens is 360 g/mol. The zero-order valence-electron chi connectivity index (χ0n) is 15.4. The number of carbonyl (C=O) groups is 3. The predicted octanol–water partition coefficient (Wildman–Crippen LogP) is 2.03. The zero-order valence-corrected chi connectivity index (χ0v) is 15.4. The number of rotatable bonds is 4. The van der Waals surface area contributed by atoms with Crippen LogP contribution in [0.3, 0.4) is 0 Å². The number of hydrogen-bond donors (Lipinski definition) is 0. The van der Waals surface area contributed by atoms with E-state index in [9.17, 15) is 14.4 Å². The van der Waals surface area contributed by atoms with Gasteiger partial charge in [0.05, 0.1) is 17.2 Å². The van der Waals surface area contributed by atoms with Crippen molar-refractivity contribution in [1.29, 1.82) is 0 Å². The molecule has 0 aromatic heterocycles. The Morgan fingerprint density at radius 3 is 2.25 bits per heavy atom. The minimum absolute atomic E-state index is 0.183. The average Bonchev–Trinajstić information content (AvgIpc) is 2.93. The highest BCUT2D eigenvalue weighted by Crippen LogP contribution is 2.24. The van der Waals surface area contributed by atoms with Crippen LogP contribution in [0.2, 0.25) is 0 Å². The van der Waals surface area contributed by atoms with Crippen LogP contribution < -0.4 is 0 Å². The Hall–Kier alpha value is -3.03. The van der Waals surface area contributed by atoms with E-state index in [-0.39, 0.29) is 17.2 Å². The lowest BCUT2D eigenvalue weighted by Gasteiger charge is -2.35. The molecule has 2 aliphatic rings. The fourth-order valence-corrected chi connectivity index (χ4v) is 3.54. The van der Waals surface area contributed by atoms with Gasteiger partial charge in [0.25, 0.3) is 11.8 Å². The summed E-state index contributed by atoms with van der Waals surface area (Å²) in [5.41, 5.74) is 1.58. The summed E-state index contributed by atoms with van der Waals surface area (Å²) in [6.07, 6.45) is -1.06. The Bertz CT molecular complexity index is 879.